The third kappa shape index (κ3) is 4.33. The van der Waals surface area contributed by atoms with Crippen LogP contribution in [0, 0.1) is 11.3 Å². The highest BCUT2D eigenvalue weighted by Crippen LogP contribution is 2.25. The van der Waals surface area contributed by atoms with Gasteiger partial charge < -0.3 is 24.9 Å². The monoisotopic (exact) mass is 291 g/mol. The van der Waals surface area contributed by atoms with Crippen molar-refractivity contribution in [2.24, 2.45) is 0 Å². The Kier molecular flexibility index (Phi) is 5.50. The highest BCUT2D eigenvalue weighted by atomic mass is 16.5. The van der Waals surface area contributed by atoms with E-state index < -0.39 is 11.6 Å². The van der Waals surface area contributed by atoms with Crippen molar-refractivity contribution in [1.82, 2.24) is 4.98 Å². The lowest BCUT2D eigenvalue weighted by Gasteiger charge is -2.37. The molecule has 1 heterocycles. The zero-order valence-electron chi connectivity index (χ0n) is 12.6. The minimum absolute atomic E-state index is 0.210. The first-order chi connectivity index (χ1) is 9.81. The molecule has 0 aromatic carbocycles. The number of carbonyl (C=O) groups is 1. The molecule has 7 heteroatoms. The van der Waals surface area contributed by atoms with Crippen LogP contribution in [-0.2, 0) is 4.74 Å². The van der Waals surface area contributed by atoms with Gasteiger partial charge in [0.25, 0.3) is 0 Å². The lowest BCUT2D eigenvalue weighted by molar-refractivity contribution is -0.247. The van der Waals surface area contributed by atoms with Crippen molar-refractivity contribution in [3.05, 3.63) is 17.8 Å². The van der Waals surface area contributed by atoms with Crippen molar-refractivity contribution in [2.75, 3.05) is 30.5 Å². The van der Waals surface area contributed by atoms with E-state index in [2.05, 4.69) is 10.3 Å². The second kappa shape index (κ2) is 6.90. The molecule has 7 nitrogen and oxygen atoms in total. The van der Waals surface area contributed by atoms with Crippen LogP contribution in [0.5, 0.6) is 0 Å². The summed E-state index contributed by atoms with van der Waals surface area (Å²) >= 11 is 0. The Balaban J connectivity index is 3.17. The highest BCUT2D eigenvalue weighted by Gasteiger charge is 2.24. The number of carboxylic acid groups (broad SMARTS) is 1. The highest BCUT2D eigenvalue weighted by molar-refractivity contribution is 5.85. The summed E-state index contributed by atoms with van der Waals surface area (Å²) in [6.07, 6.45) is -0.00543. The number of anilines is 2. The summed E-state index contributed by atoms with van der Waals surface area (Å²) in [7, 11) is 1.57. The van der Waals surface area contributed by atoms with Crippen LogP contribution >= 0.6 is 0 Å². The summed E-state index contributed by atoms with van der Waals surface area (Å²) in [5, 5.41) is 23.4. The maximum atomic E-state index is 11.3. The molecule has 1 aromatic rings. The standard InChI is InChI=1S/C14H20N4O3/c1-14(2,3)18(13(19)20)12-7-11(16-5-6-21-4)10(8-15)9-17-12/h7,9H,5-6H2,1-4H3,(H,16,17)(H,19,20)/p-1. The van der Waals surface area contributed by atoms with Crippen molar-refractivity contribution in [2.45, 2.75) is 26.3 Å². The molecule has 1 amide bonds. The number of ether oxygens (including phenoxy) is 1. The van der Waals surface area contributed by atoms with E-state index in [4.69, 9.17) is 10.00 Å². The van der Waals surface area contributed by atoms with Crippen molar-refractivity contribution in [3.8, 4) is 6.07 Å². The summed E-state index contributed by atoms with van der Waals surface area (Å²) in [6.45, 7) is 6.17. The molecule has 114 valence electrons. The van der Waals surface area contributed by atoms with Crippen molar-refractivity contribution in [1.29, 1.82) is 5.26 Å². The Morgan fingerprint density at radius 2 is 2.24 bits per heavy atom. The maximum Gasteiger partial charge on any atom is 0.143 e. The minimum atomic E-state index is -1.34. The van der Waals surface area contributed by atoms with Gasteiger partial charge in [0.1, 0.15) is 18.0 Å². The van der Waals surface area contributed by atoms with Crippen LogP contribution in [0.4, 0.5) is 16.3 Å². The van der Waals surface area contributed by atoms with E-state index in [9.17, 15) is 9.90 Å². The number of nitriles is 1. The van der Waals surface area contributed by atoms with E-state index in [1.165, 1.54) is 12.3 Å². The van der Waals surface area contributed by atoms with Gasteiger partial charge in [-0.1, -0.05) is 0 Å². The van der Waals surface area contributed by atoms with E-state index >= 15 is 0 Å². The molecular weight excluding hydrogens is 272 g/mol. The fraction of sp³-hybridized carbons (Fsp3) is 0.500. The largest absolute Gasteiger partial charge is 0.530 e. The molecular formula is C14H19N4O3-. The van der Waals surface area contributed by atoms with Crippen LogP contribution in [0.3, 0.4) is 0 Å². The topological polar surface area (TPSA) is 101 Å². The van der Waals surface area contributed by atoms with Crippen molar-refractivity contribution >= 4 is 17.6 Å². The first-order valence-corrected chi connectivity index (χ1v) is 6.45. The Morgan fingerprint density at radius 1 is 1.57 bits per heavy atom. The van der Waals surface area contributed by atoms with Gasteiger partial charge in [0.2, 0.25) is 0 Å². The molecule has 0 unspecified atom stereocenters. The number of aromatic nitrogens is 1. The molecule has 1 aromatic heterocycles. The molecule has 0 saturated carbocycles. The molecule has 0 fully saturated rings. The first kappa shape index (κ1) is 16.7. The third-order valence-corrected chi connectivity index (χ3v) is 2.71. The lowest BCUT2D eigenvalue weighted by Crippen LogP contribution is -2.52. The molecule has 0 spiro atoms. The number of amides is 1. The zero-order valence-corrected chi connectivity index (χ0v) is 12.6. The average molecular weight is 291 g/mol. The zero-order chi connectivity index (χ0) is 16.0. The Bertz CT molecular complexity index is 546. The molecule has 1 rings (SSSR count). The summed E-state index contributed by atoms with van der Waals surface area (Å²) in [5.41, 5.74) is 0.140. The Morgan fingerprint density at radius 3 is 2.71 bits per heavy atom. The number of rotatable bonds is 5. The number of nitrogens with zero attached hydrogens (tertiary/aromatic N) is 3. The quantitative estimate of drug-likeness (QED) is 0.811. The van der Waals surface area contributed by atoms with E-state index in [-0.39, 0.29) is 5.82 Å². The fourth-order valence-corrected chi connectivity index (χ4v) is 1.80. The number of nitrogens with one attached hydrogen (secondary N) is 1. The normalized spacial score (nSPS) is 10.8. The molecule has 0 aliphatic rings. The van der Waals surface area contributed by atoms with Gasteiger partial charge in [0.05, 0.1) is 17.9 Å². The minimum Gasteiger partial charge on any atom is -0.530 e. The number of pyridine rings is 1. The van der Waals surface area contributed by atoms with Crippen LogP contribution in [-0.4, -0.2) is 36.9 Å². The smallest absolute Gasteiger partial charge is 0.143 e. The van der Waals surface area contributed by atoms with E-state index in [0.29, 0.717) is 24.4 Å². The maximum absolute atomic E-state index is 11.3. The van der Waals surface area contributed by atoms with Crippen LogP contribution in [0.1, 0.15) is 26.3 Å². The van der Waals surface area contributed by atoms with Gasteiger partial charge >= 0.3 is 0 Å². The van der Waals surface area contributed by atoms with Crippen molar-refractivity contribution < 1.29 is 14.6 Å². The van der Waals surface area contributed by atoms with E-state index in [0.717, 1.165) is 4.90 Å². The number of methoxy groups -OCH3 is 1. The van der Waals surface area contributed by atoms with Crippen molar-refractivity contribution in [3.63, 3.8) is 0 Å². The molecule has 0 saturated heterocycles. The Labute approximate surface area is 124 Å². The third-order valence-electron chi connectivity index (χ3n) is 2.71. The summed E-state index contributed by atoms with van der Waals surface area (Å²) in [4.78, 5) is 16.4. The molecule has 0 atom stereocenters. The van der Waals surface area contributed by atoms with Gasteiger partial charge in [-0.05, 0) is 20.8 Å². The summed E-state index contributed by atoms with van der Waals surface area (Å²) < 4.78 is 4.93. The van der Waals surface area contributed by atoms with Crippen LogP contribution in [0.25, 0.3) is 0 Å². The average Bonchev–Trinajstić information content (AvgIpc) is 2.37. The predicted molar refractivity (Wildman–Crippen MR) is 76.9 cm³/mol. The number of hydrogen-bond donors (Lipinski definition) is 1. The SMILES string of the molecule is COCCNc1cc(N(C(=O)[O-])C(C)(C)C)ncc1C#N. The first-order valence-electron chi connectivity index (χ1n) is 6.45. The second-order valence-corrected chi connectivity index (χ2v) is 5.39. The van der Waals surface area contributed by atoms with Crippen LogP contribution in [0.15, 0.2) is 12.3 Å². The van der Waals surface area contributed by atoms with E-state index in [1.807, 2.05) is 6.07 Å². The predicted octanol–water partition coefficient (Wildman–Crippen LogP) is 0.960. The van der Waals surface area contributed by atoms with Gasteiger partial charge in [-0.3, -0.25) is 0 Å². The number of carbonyl (C=O) groups excluding carboxylic acids is 1. The second-order valence-electron chi connectivity index (χ2n) is 5.39. The molecule has 1 N–H and O–H groups in total. The molecule has 21 heavy (non-hydrogen) atoms. The molecule has 0 aliphatic heterocycles. The Hall–Kier alpha value is -2.33. The van der Waals surface area contributed by atoms with Crippen LogP contribution in [0.2, 0.25) is 0 Å². The van der Waals surface area contributed by atoms with Gasteiger partial charge in [-0.25, -0.2) is 4.98 Å². The summed E-state index contributed by atoms with van der Waals surface area (Å²) in [6, 6.07) is 3.53. The van der Waals surface area contributed by atoms with Crippen LogP contribution < -0.4 is 15.3 Å². The molecule has 0 radical (unpaired) electrons. The van der Waals surface area contributed by atoms with Gasteiger partial charge in [-0.2, -0.15) is 5.26 Å². The molecule has 0 aliphatic carbocycles. The lowest BCUT2D eigenvalue weighted by atomic mass is 10.1. The van der Waals surface area contributed by atoms with E-state index in [1.54, 1.807) is 27.9 Å². The summed E-state index contributed by atoms with van der Waals surface area (Å²) in [5.74, 6) is 0.210. The fourth-order valence-electron chi connectivity index (χ4n) is 1.80. The number of hydrogen-bond acceptors (Lipinski definition) is 6. The van der Waals surface area contributed by atoms with Gasteiger partial charge in [-0.15, -0.1) is 0 Å². The van der Waals surface area contributed by atoms with Gasteiger partial charge in [0.15, 0.2) is 0 Å². The molecule has 0 bridgehead atoms. The van der Waals surface area contributed by atoms with Gasteiger partial charge in [0, 0.05) is 31.5 Å².